The van der Waals surface area contributed by atoms with E-state index in [1.807, 2.05) is 0 Å². The molecule has 0 amide bonds. The Morgan fingerprint density at radius 3 is 3.18 bits per heavy atom. The van der Waals surface area contributed by atoms with Gasteiger partial charge in [-0.2, -0.15) is 0 Å². The van der Waals surface area contributed by atoms with Crippen molar-refractivity contribution in [3.63, 3.8) is 0 Å². The minimum absolute atomic E-state index is 0.189. The van der Waals surface area contributed by atoms with Crippen LogP contribution in [-0.4, -0.2) is 36.6 Å². The van der Waals surface area contributed by atoms with Crippen molar-refractivity contribution in [1.29, 1.82) is 0 Å². The molecule has 2 rings (SSSR count). The quantitative estimate of drug-likeness (QED) is 0.782. The number of fused-ring (bicyclic) bond motifs is 1. The van der Waals surface area contributed by atoms with Gasteiger partial charge in [-0.1, -0.05) is 24.6 Å². The number of esters is 1. The molecule has 2 fully saturated rings. The number of hydrogen-bond donors (Lipinski definition) is 1. The molecule has 1 saturated carbocycles. The lowest BCUT2D eigenvalue weighted by atomic mass is 9.86. The van der Waals surface area contributed by atoms with Gasteiger partial charge in [0, 0.05) is 11.8 Å². The van der Waals surface area contributed by atoms with Gasteiger partial charge in [0.25, 0.3) is 0 Å². The number of aliphatic imine (C=N–C) groups is 1. The van der Waals surface area contributed by atoms with Crippen molar-refractivity contribution in [3.05, 3.63) is 0 Å². The van der Waals surface area contributed by atoms with Crippen LogP contribution >= 0.6 is 11.8 Å². The Labute approximate surface area is 107 Å². The summed E-state index contributed by atoms with van der Waals surface area (Å²) in [5, 5.41) is 4.52. The highest BCUT2D eigenvalue weighted by molar-refractivity contribution is 8.13. The summed E-state index contributed by atoms with van der Waals surface area (Å²) in [5.41, 5.74) is 0. The molecule has 4 nitrogen and oxygen atoms in total. The van der Waals surface area contributed by atoms with Crippen molar-refractivity contribution >= 4 is 22.9 Å². The number of amidine groups is 1. The zero-order valence-electron chi connectivity index (χ0n) is 10.3. The smallest absolute Gasteiger partial charge is 0.307 e. The van der Waals surface area contributed by atoms with E-state index in [4.69, 9.17) is 0 Å². The molecule has 0 aromatic heterocycles. The molecule has 2 unspecified atom stereocenters. The Bertz CT molecular complexity index is 307. The number of carbonyl (C=O) groups excluding carboxylic acids is 1. The van der Waals surface area contributed by atoms with E-state index >= 15 is 0 Å². The molecule has 1 N–H and O–H groups in total. The third-order valence-corrected chi connectivity index (χ3v) is 4.57. The summed E-state index contributed by atoms with van der Waals surface area (Å²) in [7, 11) is 1.41. The fourth-order valence-electron chi connectivity index (χ4n) is 2.43. The van der Waals surface area contributed by atoms with Crippen LogP contribution in [0.3, 0.4) is 0 Å². The van der Waals surface area contributed by atoms with Crippen LogP contribution in [0, 0.1) is 5.92 Å². The number of carbonyl (C=O) groups is 1. The molecule has 0 radical (unpaired) electrons. The zero-order chi connectivity index (χ0) is 12.1. The average molecular weight is 256 g/mol. The van der Waals surface area contributed by atoms with Crippen LogP contribution in [0.1, 0.15) is 32.1 Å². The Morgan fingerprint density at radius 2 is 2.35 bits per heavy atom. The second-order valence-corrected chi connectivity index (χ2v) is 5.63. The van der Waals surface area contributed by atoms with E-state index in [0.29, 0.717) is 19.0 Å². The molecule has 0 aromatic rings. The van der Waals surface area contributed by atoms with Crippen molar-refractivity contribution in [2.45, 2.75) is 38.1 Å². The van der Waals surface area contributed by atoms with Crippen LogP contribution in [0.2, 0.25) is 0 Å². The normalized spacial score (nSPS) is 30.5. The van der Waals surface area contributed by atoms with Gasteiger partial charge in [-0.15, -0.1) is 0 Å². The molecule has 96 valence electrons. The van der Waals surface area contributed by atoms with E-state index < -0.39 is 0 Å². The van der Waals surface area contributed by atoms with Gasteiger partial charge in [0.1, 0.15) is 0 Å². The van der Waals surface area contributed by atoms with Gasteiger partial charge in [-0.3, -0.25) is 9.79 Å². The van der Waals surface area contributed by atoms with E-state index in [9.17, 15) is 4.79 Å². The summed E-state index contributed by atoms with van der Waals surface area (Å²) in [6.07, 6.45) is 5.68. The van der Waals surface area contributed by atoms with Gasteiger partial charge < -0.3 is 10.1 Å². The zero-order valence-corrected chi connectivity index (χ0v) is 11.1. The maximum atomic E-state index is 11.0. The highest BCUT2D eigenvalue weighted by Crippen LogP contribution is 2.31. The fourth-order valence-corrected chi connectivity index (χ4v) is 3.61. The molecule has 2 aliphatic rings. The number of methoxy groups -OCH3 is 1. The predicted octanol–water partition coefficient (Wildman–Crippen LogP) is 1.80. The van der Waals surface area contributed by atoms with Gasteiger partial charge >= 0.3 is 5.97 Å². The predicted molar refractivity (Wildman–Crippen MR) is 70.3 cm³/mol. The second kappa shape index (κ2) is 6.28. The van der Waals surface area contributed by atoms with Crippen molar-refractivity contribution in [2.24, 2.45) is 10.9 Å². The van der Waals surface area contributed by atoms with Gasteiger partial charge in [0.2, 0.25) is 0 Å². The van der Waals surface area contributed by atoms with E-state index in [-0.39, 0.29) is 5.97 Å². The van der Waals surface area contributed by atoms with Crippen molar-refractivity contribution in [3.8, 4) is 0 Å². The first-order chi connectivity index (χ1) is 8.29. The SMILES string of the molecule is COC(=O)CCN=C1NC2CCCCC2CS1. The fraction of sp³-hybridized carbons (Fsp3) is 0.833. The summed E-state index contributed by atoms with van der Waals surface area (Å²) >= 11 is 1.79. The Morgan fingerprint density at radius 1 is 1.53 bits per heavy atom. The highest BCUT2D eigenvalue weighted by Gasteiger charge is 2.29. The monoisotopic (exact) mass is 256 g/mol. The first-order valence-electron chi connectivity index (χ1n) is 6.30. The molecule has 1 heterocycles. The van der Waals surface area contributed by atoms with Crippen molar-refractivity contribution in [2.75, 3.05) is 19.4 Å². The Balaban J connectivity index is 1.78. The summed E-state index contributed by atoms with van der Waals surface area (Å²) in [6.45, 7) is 0.527. The number of nitrogens with one attached hydrogen (secondary N) is 1. The van der Waals surface area contributed by atoms with E-state index in [1.165, 1.54) is 38.5 Å². The lowest BCUT2D eigenvalue weighted by Crippen LogP contribution is -2.46. The molecule has 0 spiro atoms. The lowest BCUT2D eigenvalue weighted by Gasteiger charge is -2.36. The van der Waals surface area contributed by atoms with Gasteiger partial charge in [-0.25, -0.2) is 0 Å². The maximum Gasteiger partial charge on any atom is 0.307 e. The van der Waals surface area contributed by atoms with E-state index in [1.54, 1.807) is 11.8 Å². The summed E-state index contributed by atoms with van der Waals surface area (Å²) < 4.78 is 4.59. The minimum Gasteiger partial charge on any atom is -0.469 e. The Kier molecular flexibility index (Phi) is 4.71. The summed E-state index contributed by atoms with van der Waals surface area (Å²) in [5.74, 6) is 1.80. The molecule has 0 bridgehead atoms. The lowest BCUT2D eigenvalue weighted by molar-refractivity contribution is -0.140. The van der Waals surface area contributed by atoms with E-state index in [0.717, 1.165) is 11.1 Å². The molecule has 0 aromatic carbocycles. The molecule has 5 heteroatoms. The molecule has 2 atom stereocenters. The van der Waals surface area contributed by atoms with Gasteiger partial charge in [0.15, 0.2) is 5.17 Å². The van der Waals surface area contributed by atoms with Crippen LogP contribution in [-0.2, 0) is 9.53 Å². The number of nitrogens with zero attached hydrogens (tertiary/aromatic N) is 1. The van der Waals surface area contributed by atoms with Crippen LogP contribution in [0.4, 0.5) is 0 Å². The second-order valence-electron chi connectivity index (χ2n) is 4.62. The standard InChI is InChI=1S/C12H20N2O2S/c1-16-11(15)6-7-13-12-14-10-5-3-2-4-9(10)8-17-12/h9-10H,2-8H2,1H3,(H,13,14). The topological polar surface area (TPSA) is 50.7 Å². The number of hydrogen-bond acceptors (Lipinski definition) is 4. The largest absolute Gasteiger partial charge is 0.469 e. The molecule has 1 aliphatic heterocycles. The van der Waals surface area contributed by atoms with Crippen LogP contribution in [0.15, 0.2) is 4.99 Å². The molecular formula is C12H20N2O2S. The van der Waals surface area contributed by atoms with Gasteiger partial charge in [-0.05, 0) is 18.8 Å². The van der Waals surface area contributed by atoms with Crippen molar-refractivity contribution in [1.82, 2.24) is 5.32 Å². The summed E-state index contributed by atoms with van der Waals surface area (Å²) in [6, 6.07) is 0.613. The first kappa shape index (κ1) is 12.7. The third kappa shape index (κ3) is 3.63. The molecule has 1 aliphatic carbocycles. The van der Waals surface area contributed by atoms with Crippen LogP contribution < -0.4 is 5.32 Å². The molecular weight excluding hydrogens is 236 g/mol. The van der Waals surface area contributed by atoms with Gasteiger partial charge in [0.05, 0.1) is 20.1 Å². The Hall–Kier alpha value is -0.710. The minimum atomic E-state index is -0.189. The molecule has 1 saturated heterocycles. The number of ether oxygens (including phenoxy) is 1. The van der Waals surface area contributed by atoms with E-state index in [2.05, 4.69) is 15.0 Å². The number of rotatable bonds is 3. The summed E-state index contributed by atoms with van der Waals surface area (Å²) in [4.78, 5) is 15.4. The van der Waals surface area contributed by atoms with Crippen LogP contribution in [0.5, 0.6) is 0 Å². The third-order valence-electron chi connectivity index (χ3n) is 3.45. The maximum absolute atomic E-state index is 11.0. The highest BCUT2D eigenvalue weighted by atomic mass is 32.2. The first-order valence-corrected chi connectivity index (χ1v) is 7.29. The molecule has 17 heavy (non-hydrogen) atoms. The number of thioether (sulfide) groups is 1. The average Bonchev–Trinajstić information content (AvgIpc) is 2.38. The van der Waals surface area contributed by atoms with Crippen LogP contribution in [0.25, 0.3) is 0 Å². The van der Waals surface area contributed by atoms with Crippen molar-refractivity contribution < 1.29 is 9.53 Å².